The zero-order valence-electron chi connectivity index (χ0n) is 8.63. The van der Waals surface area contributed by atoms with Crippen LogP contribution in [0.25, 0.3) is 0 Å². The Labute approximate surface area is 98.8 Å². The molecule has 0 saturated heterocycles. The van der Waals surface area contributed by atoms with Gasteiger partial charge in [-0.3, -0.25) is 0 Å². The highest BCUT2D eigenvalue weighted by Crippen LogP contribution is 2.33. The standard InChI is InChI=1S/C11H18BrNS/c1-2-4-9(5-3-8-13)10-6-7-11(12)14-10/h6-7,9H,2-5,8,13H2,1H3. The molecule has 0 radical (unpaired) electrons. The fraction of sp³-hybridized carbons (Fsp3) is 0.636. The van der Waals surface area contributed by atoms with E-state index in [4.69, 9.17) is 5.73 Å². The van der Waals surface area contributed by atoms with E-state index in [0.717, 1.165) is 18.9 Å². The van der Waals surface area contributed by atoms with E-state index in [1.54, 1.807) is 0 Å². The van der Waals surface area contributed by atoms with Crippen molar-refractivity contribution in [3.05, 3.63) is 20.8 Å². The third kappa shape index (κ3) is 3.71. The number of halogens is 1. The Hall–Kier alpha value is 0.140. The molecule has 0 bridgehead atoms. The predicted molar refractivity (Wildman–Crippen MR) is 68.0 cm³/mol. The summed E-state index contributed by atoms with van der Waals surface area (Å²) in [6.45, 7) is 3.06. The van der Waals surface area contributed by atoms with Crippen LogP contribution >= 0.6 is 27.3 Å². The molecule has 0 aliphatic carbocycles. The average molecular weight is 276 g/mol. The van der Waals surface area contributed by atoms with Crippen LogP contribution in [0.4, 0.5) is 0 Å². The summed E-state index contributed by atoms with van der Waals surface area (Å²) in [7, 11) is 0. The van der Waals surface area contributed by atoms with Gasteiger partial charge in [-0.2, -0.15) is 0 Å². The Balaban J connectivity index is 2.57. The van der Waals surface area contributed by atoms with Gasteiger partial charge in [0.2, 0.25) is 0 Å². The van der Waals surface area contributed by atoms with Crippen molar-refractivity contribution in [3.8, 4) is 0 Å². The number of thiophene rings is 1. The maximum absolute atomic E-state index is 5.55. The minimum absolute atomic E-state index is 0.722. The lowest BCUT2D eigenvalue weighted by Crippen LogP contribution is -2.03. The largest absolute Gasteiger partial charge is 0.330 e. The number of hydrogen-bond donors (Lipinski definition) is 1. The van der Waals surface area contributed by atoms with Gasteiger partial charge in [0, 0.05) is 4.88 Å². The second-order valence-electron chi connectivity index (χ2n) is 3.56. The van der Waals surface area contributed by atoms with Crippen LogP contribution in [-0.2, 0) is 0 Å². The summed E-state index contributed by atoms with van der Waals surface area (Å²) in [5.74, 6) is 0.722. The summed E-state index contributed by atoms with van der Waals surface area (Å²) >= 11 is 5.38. The zero-order chi connectivity index (χ0) is 10.4. The van der Waals surface area contributed by atoms with Gasteiger partial charge in [0.25, 0.3) is 0 Å². The third-order valence-electron chi connectivity index (χ3n) is 2.39. The van der Waals surface area contributed by atoms with Crippen molar-refractivity contribution >= 4 is 27.3 Å². The van der Waals surface area contributed by atoms with Gasteiger partial charge in [0.1, 0.15) is 0 Å². The highest BCUT2D eigenvalue weighted by atomic mass is 79.9. The third-order valence-corrected chi connectivity index (χ3v) is 4.18. The molecule has 1 aromatic rings. The Kier molecular flexibility index (Phi) is 5.75. The minimum Gasteiger partial charge on any atom is -0.330 e. The van der Waals surface area contributed by atoms with E-state index < -0.39 is 0 Å². The highest BCUT2D eigenvalue weighted by Gasteiger charge is 2.11. The minimum atomic E-state index is 0.722. The summed E-state index contributed by atoms with van der Waals surface area (Å²) in [6.07, 6.45) is 4.91. The molecule has 0 amide bonds. The van der Waals surface area contributed by atoms with E-state index in [1.165, 1.54) is 27.9 Å². The Bertz CT molecular complexity index is 260. The molecule has 0 fully saturated rings. The lowest BCUT2D eigenvalue weighted by molar-refractivity contribution is 0.557. The molecular formula is C11H18BrNS. The topological polar surface area (TPSA) is 26.0 Å². The SMILES string of the molecule is CCCC(CCCN)c1ccc(Br)s1. The Morgan fingerprint density at radius 1 is 1.43 bits per heavy atom. The second-order valence-corrected chi connectivity index (χ2v) is 6.05. The molecule has 14 heavy (non-hydrogen) atoms. The summed E-state index contributed by atoms with van der Waals surface area (Å²) in [5, 5.41) is 0. The van der Waals surface area contributed by atoms with E-state index in [9.17, 15) is 0 Å². The van der Waals surface area contributed by atoms with Gasteiger partial charge in [-0.15, -0.1) is 11.3 Å². The molecule has 80 valence electrons. The van der Waals surface area contributed by atoms with Gasteiger partial charge in [0.05, 0.1) is 3.79 Å². The summed E-state index contributed by atoms with van der Waals surface area (Å²) in [4.78, 5) is 1.51. The number of rotatable bonds is 6. The first-order chi connectivity index (χ1) is 6.77. The van der Waals surface area contributed by atoms with Crippen LogP contribution < -0.4 is 5.73 Å². The molecule has 2 N–H and O–H groups in total. The lowest BCUT2D eigenvalue weighted by Gasteiger charge is -2.13. The van der Waals surface area contributed by atoms with Crippen LogP contribution in [0.5, 0.6) is 0 Å². The van der Waals surface area contributed by atoms with Gasteiger partial charge >= 0.3 is 0 Å². The molecule has 0 aliphatic heterocycles. The Morgan fingerprint density at radius 2 is 2.21 bits per heavy atom. The molecule has 1 atom stereocenters. The van der Waals surface area contributed by atoms with E-state index in [-0.39, 0.29) is 0 Å². The Morgan fingerprint density at radius 3 is 2.71 bits per heavy atom. The maximum Gasteiger partial charge on any atom is 0.0701 e. The van der Waals surface area contributed by atoms with Crippen molar-refractivity contribution in [2.24, 2.45) is 5.73 Å². The zero-order valence-corrected chi connectivity index (χ0v) is 11.0. The van der Waals surface area contributed by atoms with E-state index >= 15 is 0 Å². The fourth-order valence-corrected chi connectivity index (χ4v) is 3.28. The normalized spacial score (nSPS) is 13.1. The van der Waals surface area contributed by atoms with Gasteiger partial charge in [-0.1, -0.05) is 13.3 Å². The van der Waals surface area contributed by atoms with Crippen molar-refractivity contribution in [1.82, 2.24) is 0 Å². The number of hydrogen-bond acceptors (Lipinski definition) is 2. The molecule has 1 heterocycles. The molecule has 1 unspecified atom stereocenters. The predicted octanol–water partition coefficient (Wildman–Crippen LogP) is 4.13. The highest BCUT2D eigenvalue weighted by molar-refractivity contribution is 9.11. The van der Waals surface area contributed by atoms with Crippen LogP contribution in [0.15, 0.2) is 15.9 Å². The summed E-state index contributed by atoms with van der Waals surface area (Å²) in [6, 6.07) is 4.39. The molecule has 1 rings (SSSR count). The first-order valence-electron chi connectivity index (χ1n) is 5.23. The maximum atomic E-state index is 5.55. The number of nitrogens with two attached hydrogens (primary N) is 1. The first-order valence-corrected chi connectivity index (χ1v) is 6.84. The van der Waals surface area contributed by atoms with E-state index in [2.05, 4.69) is 35.0 Å². The molecule has 0 spiro atoms. The van der Waals surface area contributed by atoms with E-state index in [0.29, 0.717) is 0 Å². The van der Waals surface area contributed by atoms with Crippen molar-refractivity contribution in [2.75, 3.05) is 6.54 Å². The van der Waals surface area contributed by atoms with Gasteiger partial charge in [-0.25, -0.2) is 0 Å². The van der Waals surface area contributed by atoms with Gasteiger partial charge in [-0.05, 0) is 59.8 Å². The van der Waals surface area contributed by atoms with Gasteiger partial charge < -0.3 is 5.73 Å². The van der Waals surface area contributed by atoms with Crippen LogP contribution in [0.1, 0.15) is 43.4 Å². The molecule has 3 heteroatoms. The van der Waals surface area contributed by atoms with Crippen LogP contribution in [0.3, 0.4) is 0 Å². The van der Waals surface area contributed by atoms with Crippen LogP contribution in [0.2, 0.25) is 0 Å². The van der Waals surface area contributed by atoms with Crippen molar-refractivity contribution < 1.29 is 0 Å². The van der Waals surface area contributed by atoms with Crippen LogP contribution in [0, 0.1) is 0 Å². The molecule has 0 aromatic carbocycles. The van der Waals surface area contributed by atoms with Crippen molar-refractivity contribution in [1.29, 1.82) is 0 Å². The van der Waals surface area contributed by atoms with Crippen molar-refractivity contribution in [2.45, 2.75) is 38.5 Å². The molecular weight excluding hydrogens is 258 g/mol. The summed E-state index contributed by atoms with van der Waals surface area (Å²) < 4.78 is 1.24. The molecule has 0 aliphatic rings. The lowest BCUT2D eigenvalue weighted by atomic mass is 9.96. The van der Waals surface area contributed by atoms with Crippen molar-refractivity contribution in [3.63, 3.8) is 0 Å². The fourth-order valence-electron chi connectivity index (χ4n) is 1.69. The smallest absolute Gasteiger partial charge is 0.0701 e. The second kappa shape index (κ2) is 6.59. The first kappa shape index (κ1) is 12.2. The quantitative estimate of drug-likeness (QED) is 0.830. The summed E-state index contributed by atoms with van der Waals surface area (Å²) in [5.41, 5.74) is 5.55. The van der Waals surface area contributed by atoms with Crippen LogP contribution in [-0.4, -0.2) is 6.54 Å². The molecule has 1 aromatic heterocycles. The van der Waals surface area contributed by atoms with Gasteiger partial charge in [0.15, 0.2) is 0 Å². The van der Waals surface area contributed by atoms with E-state index in [1.807, 2.05) is 11.3 Å². The molecule has 1 nitrogen and oxygen atoms in total. The monoisotopic (exact) mass is 275 g/mol. The molecule has 0 saturated carbocycles. The average Bonchev–Trinajstić information content (AvgIpc) is 2.59.